The van der Waals surface area contributed by atoms with Crippen LogP contribution in [-0.2, 0) is 6.54 Å². The van der Waals surface area contributed by atoms with Gasteiger partial charge in [0.2, 0.25) is 5.91 Å². The van der Waals surface area contributed by atoms with E-state index in [2.05, 4.69) is 39.8 Å². The van der Waals surface area contributed by atoms with Gasteiger partial charge in [0.15, 0.2) is 0 Å². The maximum Gasteiger partial charge on any atom is 0.248 e. The van der Waals surface area contributed by atoms with Crippen LogP contribution in [0.5, 0.6) is 0 Å². The molecule has 0 unspecified atom stereocenters. The molecular formula is C17H21N5O. The molecule has 0 saturated heterocycles. The zero-order valence-corrected chi connectivity index (χ0v) is 13.4. The molecule has 6 heteroatoms. The summed E-state index contributed by atoms with van der Waals surface area (Å²) in [7, 11) is 4.13. The van der Waals surface area contributed by atoms with E-state index in [9.17, 15) is 4.79 Å². The normalized spacial score (nSPS) is 11.4. The number of fused-ring (bicyclic) bond motifs is 1. The van der Waals surface area contributed by atoms with Gasteiger partial charge in [-0.15, -0.1) is 0 Å². The second kappa shape index (κ2) is 6.26. The van der Waals surface area contributed by atoms with Crippen LogP contribution in [0.15, 0.2) is 36.5 Å². The van der Waals surface area contributed by atoms with Crippen molar-refractivity contribution in [2.45, 2.75) is 13.0 Å². The minimum absolute atomic E-state index is 0.406. The summed E-state index contributed by atoms with van der Waals surface area (Å²) in [5.74, 6) is -0.406. The summed E-state index contributed by atoms with van der Waals surface area (Å²) in [6, 6.07) is 9.64. The van der Waals surface area contributed by atoms with Gasteiger partial charge in [-0.05, 0) is 51.3 Å². The molecule has 1 amide bonds. The van der Waals surface area contributed by atoms with Gasteiger partial charge in [0.25, 0.3) is 0 Å². The zero-order chi connectivity index (χ0) is 16.4. The molecule has 0 atom stereocenters. The predicted octanol–water partition coefficient (Wildman–Crippen LogP) is 2.08. The van der Waals surface area contributed by atoms with Gasteiger partial charge >= 0.3 is 0 Å². The Morgan fingerprint density at radius 3 is 2.78 bits per heavy atom. The third-order valence-corrected chi connectivity index (χ3v) is 3.95. The van der Waals surface area contributed by atoms with Crippen LogP contribution < -0.4 is 5.73 Å². The number of aryl methyl sites for hydroxylation is 1. The standard InChI is InChI=1S/C17H21N5O/c1-21(2)8-3-9-22-15-11-13(17(18)23)5-4-12(15)10-16(22)14-6-7-19-20-14/h4-7,10-11H,3,8-9H2,1-2H3,(H2,18,23)(H,19,20). The van der Waals surface area contributed by atoms with E-state index < -0.39 is 5.91 Å². The zero-order valence-electron chi connectivity index (χ0n) is 13.4. The highest BCUT2D eigenvalue weighted by Gasteiger charge is 2.13. The highest BCUT2D eigenvalue weighted by Crippen LogP contribution is 2.28. The molecule has 1 aromatic carbocycles. The molecule has 6 nitrogen and oxygen atoms in total. The summed E-state index contributed by atoms with van der Waals surface area (Å²) in [5.41, 5.74) is 9.00. The molecule has 0 aliphatic heterocycles. The number of H-pyrrole nitrogens is 1. The first kappa shape index (κ1) is 15.3. The number of hydrogen-bond donors (Lipinski definition) is 2. The first-order valence-corrected chi connectivity index (χ1v) is 7.64. The molecule has 2 aromatic heterocycles. The van der Waals surface area contributed by atoms with Gasteiger partial charge < -0.3 is 15.2 Å². The third-order valence-electron chi connectivity index (χ3n) is 3.95. The molecule has 0 bridgehead atoms. The van der Waals surface area contributed by atoms with Gasteiger partial charge in [-0.1, -0.05) is 6.07 Å². The van der Waals surface area contributed by atoms with E-state index >= 15 is 0 Å². The summed E-state index contributed by atoms with van der Waals surface area (Å²) < 4.78 is 2.22. The summed E-state index contributed by atoms with van der Waals surface area (Å²) in [6.07, 6.45) is 2.75. The van der Waals surface area contributed by atoms with E-state index in [4.69, 9.17) is 5.73 Å². The molecule has 2 heterocycles. The lowest BCUT2D eigenvalue weighted by molar-refractivity contribution is 0.100. The van der Waals surface area contributed by atoms with Crippen molar-refractivity contribution in [2.24, 2.45) is 5.73 Å². The Labute approximate surface area is 134 Å². The van der Waals surface area contributed by atoms with Crippen molar-refractivity contribution < 1.29 is 4.79 Å². The monoisotopic (exact) mass is 311 g/mol. The number of nitrogens with two attached hydrogens (primary N) is 1. The van der Waals surface area contributed by atoms with Crippen LogP contribution in [0.2, 0.25) is 0 Å². The highest BCUT2D eigenvalue weighted by molar-refractivity contribution is 5.98. The molecule has 0 radical (unpaired) electrons. The van der Waals surface area contributed by atoms with Crippen molar-refractivity contribution in [3.8, 4) is 11.4 Å². The predicted molar refractivity (Wildman–Crippen MR) is 91.2 cm³/mol. The lowest BCUT2D eigenvalue weighted by atomic mass is 10.1. The number of nitrogens with zero attached hydrogens (tertiary/aromatic N) is 3. The molecule has 3 aromatic rings. The maximum atomic E-state index is 11.5. The van der Waals surface area contributed by atoms with Crippen LogP contribution >= 0.6 is 0 Å². The molecule has 0 saturated carbocycles. The SMILES string of the molecule is CN(C)CCCn1c(-c2ccn[nH]2)cc2ccc(C(N)=O)cc21. The number of aromatic nitrogens is 3. The number of carbonyl (C=O) groups is 1. The van der Waals surface area contributed by atoms with Crippen molar-refractivity contribution in [3.63, 3.8) is 0 Å². The molecule has 23 heavy (non-hydrogen) atoms. The summed E-state index contributed by atoms with van der Waals surface area (Å²) >= 11 is 0. The Balaban J connectivity index is 2.07. The first-order chi connectivity index (χ1) is 11.1. The Kier molecular flexibility index (Phi) is 4.16. The van der Waals surface area contributed by atoms with E-state index in [1.54, 1.807) is 12.3 Å². The van der Waals surface area contributed by atoms with Gasteiger partial charge in [0, 0.05) is 29.2 Å². The second-order valence-electron chi connectivity index (χ2n) is 5.95. The summed E-state index contributed by atoms with van der Waals surface area (Å²) in [5, 5.41) is 8.15. The Hall–Kier alpha value is -2.60. The number of amides is 1. The number of nitrogens with one attached hydrogen (secondary N) is 1. The molecule has 3 rings (SSSR count). The van der Waals surface area contributed by atoms with Crippen LogP contribution in [0.25, 0.3) is 22.3 Å². The molecule has 0 spiro atoms. The van der Waals surface area contributed by atoms with Crippen LogP contribution in [0.3, 0.4) is 0 Å². The quantitative estimate of drug-likeness (QED) is 0.731. The number of benzene rings is 1. The minimum Gasteiger partial charge on any atom is -0.366 e. The molecule has 3 N–H and O–H groups in total. The summed E-state index contributed by atoms with van der Waals surface area (Å²) in [6.45, 7) is 1.86. The van der Waals surface area contributed by atoms with Crippen molar-refractivity contribution >= 4 is 16.8 Å². The van der Waals surface area contributed by atoms with Gasteiger partial charge in [0.05, 0.1) is 11.4 Å². The Morgan fingerprint density at radius 1 is 1.30 bits per heavy atom. The van der Waals surface area contributed by atoms with E-state index in [0.717, 1.165) is 41.8 Å². The molecular weight excluding hydrogens is 290 g/mol. The first-order valence-electron chi connectivity index (χ1n) is 7.64. The largest absolute Gasteiger partial charge is 0.366 e. The topological polar surface area (TPSA) is 79.9 Å². The molecule has 0 aliphatic rings. The lowest BCUT2D eigenvalue weighted by Crippen LogP contribution is -2.15. The molecule has 0 aliphatic carbocycles. The second-order valence-corrected chi connectivity index (χ2v) is 5.95. The number of hydrogen-bond acceptors (Lipinski definition) is 3. The van der Waals surface area contributed by atoms with Crippen LogP contribution in [0.1, 0.15) is 16.8 Å². The average molecular weight is 311 g/mol. The fourth-order valence-electron chi connectivity index (χ4n) is 2.82. The van der Waals surface area contributed by atoms with Gasteiger partial charge in [-0.2, -0.15) is 5.10 Å². The van der Waals surface area contributed by atoms with Crippen molar-refractivity contribution in [1.29, 1.82) is 0 Å². The van der Waals surface area contributed by atoms with Gasteiger partial charge in [-0.25, -0.2) is 0 Å². The molecule has 0 fully saturated rings. The number of primary amides is 1. The van der Waals surface area contributed by atoms with Gasteiger partial charge in [-0.3, -0.25) is 9.89 Å². The van der Waals surface area contributed by atoms with E-state index in [1.807, 2.05) is 18.2 Å². The highest BCUT2D eigenvalue weighted by atomic mass is 16.1. The van der Waals surface area contributed by atoms with Crippen LogP contribution in [0.4, 0.5) is 0 Å². The smallest absolute Gasteiger partial charge is 0.248 e. The van der Waals surface area contributed by atoms with Crippen molar-refractivity contribution in [2.75, 3.05) is 20.6 Å². The van der Waals surface area contributed by atoms with Crippen LogP contribution in [-0.4, -0.2) is 46.2 Å². The van der Waals surface area contributed by atoms with Crippen LogP contribution in [0, 0.1) is 0 Å². The Morgan fingerprint density at radius 2 is 2.13 bits per heavy atom. The third kappa shape index (κ3) is 3.12. The lowest BCUT2D eigenvalue weighted by Gasteiger charge is -2.13. The van der Waals surface area contributed by atoms with E-state index in [0.29, 0.717) is 5.56 Å². The fraction of sp³-hybridized carbons (Fsp3) is 0.294. The molecule has 120 valence electrons. The summed E-state index contributed by atoms with van der Waals surface area (Å²) in [4.78, 5) is 13.6. The van der Waals surface area contributed by atoms with Gasteiger partial charge in [0.1, 0.15) is 0 Å². The Bertz CT molecular complexity index is 817. The average Bonchev–Trinajstić information content (AvgIpc) is 3.13. The number of rotatable bonds is 6. The number of aromatic amines is 1. The number of carbonyl (C=O) groups excluding carboxylic acids is 1. The van der Waals surface area contributed by atoms with E-state index in [-0.39, 0.29) is 0 Å². The van der Waals surface area contributed by atoms with Crippen molar-refractivity contribution in [1.82, 2.24) is 19.7 Å². The fourth-order valence-corrected chi connectivity index (χ4v) is 2.82. The van der Waals surface area contributed by atoms with E-state index in [1.165, 1.54) is 0 Å². The minimum atomic E-state index is -0.406. The maximum absolute atomic E-state index is 11.5. The van der Waals surface area contributed by atoms with Crippen molar-refractivity contribution in [3.05, 3.63) is 42.1 Å².